The molecule has 28 heavy (non-hydrogen) atoms. The minimum Gasteiger partial charge on any atom is -0.459 e. The van der Waals surface area contributed by atoms with Gasteiger partial charge in [0.1, 0.15) is 6.04 Å². The van der Waals surface area contributed by atoms with Crippen molar-refractivity contribution >= 4 is 17.7 Å². The molecule has 0 aromatic carbocycles. The lowest BCUT2D eigenvalue weighted by atomic mass is 9.49. The Morgan fingerprint density at radius 1 is 1.04 bits per heavy atom. The average molecular weight is 387 g/mol. The summed E-state index contributed by atoms with van der Waals surface area (Å²) in [5, 5.41) is 3.01. The van der Waals surface area contributed by atoms with Gasteiger partial charge in [0.25, 0.3) is 5.91 Å². The molecule has 3 amide bonds. The first-order chi connectivity index (χ1) is 13.4. The number of hydrazine groups is 1. The van der Waals surface area contributed by atoms with Crippen LogP contribution in [0.2, 0.25) is 0 Å². The van der Waals surface area contributed by atoms with Gasteiger partial charge in [0.05, 0.1) is 6.26 Å². The van der Waals surface area contributed by atoms with Gasteiger partial charge in [-0.05, 0) is 74.3 Å². The van der Waals surface area contributed by atoms with Crippen molar-refractivity contribution in [3.8, 4) is 0 Å². The van der Waals surface area contributed by atoms with E-state index in [0.29, 0.717) is 17.8 Å². The summed E-state index contributed by atoms with van der Waals surface area (Å²) in [6, 6.07) is 2.41. The molecule has 4 fully saturated rings. The van der Waals surface area contributed by atoms with Crippen LogP contribution in [0.3, 0.4) is 0 Å². The molecule has 1 heterocycles. The molecule has 0 radical (unpaired) electrons. The van der Waals surface area contributed by atoms with Crippen LogP contribution in [0.1, 0.15) is 62.9 Å². The Balaban J connectivity index is 1.38. The number of hydrogen-bond acceptors (Lipinski definition) is 4. The summed E-state index contributed by atoms with van der Waals surface area (Å²) in [4.78, 5) is 37.8. The number of nitrogens with one attached hydrogen (secondary N) is 3. The standard InChI is InChI=1S/C21H29N3O4/c1-12(2)17(19(26)24-23-18(25)16-4-3-5-28-16)22-20(27)21-9-13-6-14(10-21)8-15(7-13)11-21/h3-5,12-15,17H,6-11H2,1-2H3,(H,22,27)(H,23,25)(H,24,26)/t13?,14?,15?,17-,21?/m1/s1. The van der Waals surface area contributed by atoms with Crippen LogP contribution in [0, 0.1) is 29.1 Å². The predicted octanol–water partition coefficient (Wildman–Crippen LogP) is 2.40. The topological polar surface area (TPSA) is 100 Å². The molecule has 1 atom stereocenters. The van der Waals surface area contributed by atoms with E-state index in [9.17, 15) is 14.4 Å². The van der Waals surface area contributed by atoms with E-state index in [1.54, 1.807) is 6.07 Å². The van der Waals surface area contributed by atoms with E-state index in [4.69, 9.17) is 4.42 Å². The number of rotatable bonds is 5. The maximum absolute atomic E-state index is 13.2. The van der Waals surface area contributed by atoms with Gasteiger partial charge in [0.2, 0.25) is 5.91 Å². The lowest BCUT2D eigenvalue weighted by Crippen LogP contribution is -2.59. The number of hydrogen-bond donors (Lipinski definition) is 3. The molecular weight excluding hydrogens is 358 g/mol. The van der Waals surface area contributed by atoms with Crippen molar-refractivity contribution in [1.82, 2.24) is 16.2 Å². The molecule has 0 unspecified atom stereocenters. The molecule has 0 spiro atoms. The fourth-order valence-electron chi connectivity index (χ4n) is 5.88. The van der Waals surface area contributed by atoms with Gasteiger partial charge in [0.15, 0.2) is 5.76 Å². The monoisotopic (exact) mass is 387 g/mol. The van der Waals surface area contributed by atoms with Crippen LogP contribution in [0.5, 0.6) is 0 Å². The fourth-order valence-corrected chi connectivity index (χ4v) is 5.88. The Labute approximate surface area is 165 Å². The van der Waals surface area contributed by atoms with Crippen molar-refractivity contribution in [1.29, 1.82) is 0 Å². The summed E-state index contributed by atoms with van der Waals surface area (Å²) >= 11 is 0. The zero-order chi connectivity index (χ0) is 19.9. The summed E-state index contributed by atoms with van der Waals surface area (Å²) in [5.41, 5.74) is 4.46. The minimum absolute atomic E-state index is 0.0119. The largest absolute Gasteiger partial charge is 0.459 e. The van der Waals surface area contributed by atoms with Crippen molar-refractivity contribution in [2.45, 2.75) is 58.4 Å². The van der Waals surface area contributed by atoms with E-state index in [1.807, 2.05) is 13.8 Å². The van der Waals surface area contributed by atoms with E-state index in [1.165, 1.54) is 31.6 Å². The van der Waals surface area contributed by atoms with E-state index in [0.717, 1.165) is 19.3 Å². The van der Waals surface area contributed by atoms with E-state index >= 15 is 0 Å². The normalized spacial score (nSPS) is 31.5. The zero-order valence-electron chi connectivity index (χ0n) is 16.5. The fraction of sp³-hybridized carbons (Fsp3) is 0.667. The smallest absolute Gasteiger partial charge is 0.305 e. The molecule has 4 aliphatic rings. The third kappa shape index (κ3) is 3.54. The molecule has 152 valence electrons. The van der Waals surface area contributed by atoms with Gasteiger partial charge in [-0.25, -0.2) is 0 Å². The van der Waals surface area contributed by atoms with E-state index in [-0.39, 0.29) is 23.0 Å². The number of carbonyl (C=O) groups is 3. The summed E-state index contributed by atoms with van der Waals surface area (Å²) in [5.74, 6) is 1.05. The van der Waals surface area contributed by atoms with Crippen LogP contribution in [-0.2, 0) is 9.59 Å². The highest BCUT2D eigenvalue weighted by atomic mass is 16.3. The Morgan fingerprint density at radius 3 is 2.14 bits per heavy atom. The second-order valence-electron chi connectivity index (χ2n) is 9.31. The molecule has 4 aliphatic carbocycles. The maximum atomic E-state index is 13.2. The highest BCUT2D eigenvalue weighted by molar-refractivity contribution is 5.95. The van der Waals surface area contributed by atoms with Crippen molar-refractivity contribution in [3.63, 3.8) is 0 Å². The zero-order valence-corrected chi connectivity index (χ0v) is 16.5. The Kier molecular flexibility index (Phi) is 4.93. The Bertz CT molecular complexity index is 720. The molecule has 5 rings (SSSR count). The molecule has 4 bridgehead atoms. The lowest BCUT2D eigenvalue weighted by molar-refractivity contribution is -0.149. The maximum Gasteiger partial charge on any atom is 0.305 e. The van der Waals surface area contributed by atoms with Gasteiger partial charge in [-0.1, -0.05) is 13.8 Å². The number of furan rings is 1. The molecule has 0 aliphatic heterocycles. The number of carbonyl (C=O) groups excluding carboxylic acids is 3. The first-order valence-electron chi connectivity index (χ1n) is 10.3. The van der Waals surface area contributed by atoms with Crippen LogP contribution in [0.4, 0.5) is 0 Å². The molecule has 4 saturated carbocycles. The van der Waals surface area contributed by atoms with Crippen LogP contribution < -0.4 is 16.2 Å². The second-order valence-corrected chi connectivity index (χ2v) is 9.31. The average Bonchev–Trinajstić information content (AvgIpc) is 3.17. The highest BCUT2D eigenvalue weighted by Crippen LogP contribution is 2.60. The minimum atomic E-state index is -0.697. The highest BCUT2D eigenvalue weighted by Gasteiger charge is 2.55. The van der Waals surface area contributed by atoms with Crippen molar-refractivity contribution in [2.24, 2.45) is 29.1 Å². The van der Waals surface area contributed by atoms with Crippen LogP contribution in [0.25, 0.3) is 0 Å². The first kappa shape index (κ1) is 19.0. The summed E-state index contributed by atoms with van der Waals surface area (Å²) in [7, 11) is 0. The van der Waals surface area contributed by atoms with Crippen molar-refractivity contribution in [2.75, 3.05) is 0 Å². The molecule has 7 nitrogen and oxygen atoms in total. The molecule has 1 aromatic rings. The summed E-state index contributed by atoms with van der Waals surface area (Å²) in [6.45, 7) is 3.77. The third-order valence-corrected chi connectivity index (χ3v) is 6.80. The van der Waals surface area contributed by atoms with Crippen LogP contribution >= 0.6 is 0 Å². The molecular formula is C21H29N3O4. The first-order valence-corrected chi connectivity index (χ1v) is 10.3. The van der Waals surface area contributed by atoms with Gasteiger partial charge in [0, 0.05) is 5.41 Å². The molecule has 7 heteroatoms. The summed E-state index contributed by atoms with van der Waals surface area (Å²) in [6.07, 6.45) is 8.03. The lowest BCUT2D eigenvalue weighted by Gasteiger charge is -2.55. The van der Waals surface area contributed by atoms with Gasteiger partial charge < -0.3 is 9.73 Å². The molecule has 3 N–H and O–H groups in total. The molecule has 0 saturated heterocycles. The Hall–Kier alpha value is -2.31. The third-order valence-electron chi connectivity index (χ3n) is 6.80. The quantitative estimate of drug-likeness (QED) is 0.676. The van der Waals surface area contributed by atoms with Gasteiger partial charge >= 0.3 is 5.91 Å². The second kappa shape index (κ2) is 7.26. The SMILES string of the molecule is CC(C)[C@@H](NC(=O)C12CC3CC(CC(C3)C1)C2)C(=O)NNC(=O)c1ccco1. The van der Waals surface area contributed by atoms with Crippen molar-refractivity contribution in [3.05, 3.63) is 24.2 Å². The van der Waals surface area contributed by atoms with Gasteiger partial charge in [-0.15, -0.1) is 0 Å². The van der Waals surface area contributed by atoms with Gasteiger partial charge in [-0.2, -0.15) is 0 Å². The predicted molar refractivity (Wildman–Crippen MR) is 102 cm³/mol. The van der Waals surface area contributed by atoms with Crippen LogP contribution in [0.15, 0.2) is 22.8 Å². The van der Waals surface area contributed by atoms with Crippen molar-refractivity contribution < 1.29 is 18.8 Å². The number of amides is 3. The van der Waals surface area contributed by atoms with E-state index < -0.39 is 17.9 Å². The Morgan fingerprint density at radius 2 is 1.64 bits per heavy atom. The van der Waals surface area contributed by atoms with Crippen LogP contribution in [-0.4, -0.2) is 23.8 Å². The molecule has 1 aromatic heterocycles. The van der Waals surface area contributed by atoms with E-state index in [2.05, 4.69) is 16.2 Å². The van der Waals surface area contributed by atoms with Gasteiger partial charge in [-0.3, -0.25) is 25.2 Å². The summed E-state index contributed by atoms with van der Waals surface area (Å²) < 4.78 is 5.00.